The molecule has 0 heterocycles. The van der Waals surface area contributed by atoms with E-state index in [1.807, 2.05) is 0 Å². The van der Waals surface area contributed by atoms with Crippen molar-refractivity contribution in [3.05, 3.63) is 0 Å². The second kappa shape index (κ2) is 16.9. The third-order valence-corrected chi connectivity index (χ3v) is 5.30. The number of carbonyl (C=O) groups excluding carboxylic acids is 2. The molecule has 0 spiro atoms. The Hall–Kier alpha value is -5.38. The Morgan fingerprint density at radius 3 is 1.00 bits per heavy atom. The molecule has 22 nitrogen and oxygen atoms in total. The van der Waals surface area contributed by atoms with Crippen molar-refractivity contribution >= 4 is 59.7 Å². The number of carboxylic acid groups (broad SMARTS) is 8. The van der Waals surface area contributed by atoms with Gasteiger partial charge >= 0.3 is 59.7 Å². The smallest absolute Gasteiger partial charge is 0.349 e. The molecular formula is C22H28N2O20. The van der Waals surface area contributed by atoms with Crippen molar-refractivity contribution in [1.82, 2.24) is 9.80 Å². The van der Waals surface area contributed by atoms with Gasteiger partial charge in [-0.15, -0.1) is 0 Å². The first kappa shape index (κ1) is 38.6. The molecular weight excluding hydrogens is 612 g/mol. The summed E-state index contributed by atoms with van der Waals surface area (Å²) in [6.45, 7) is -4.77. The van der Waals surface area contributed by atoms with Crippen molar-refractivity contribution in [3.63, 3.8) is 0 Å². The molecule has 0 aromatic heterocycles. The summed E-state index contributed by atoms with van der Waals surface area (Å²) < 4.78 is 9.24. The van der Waals surface area contributed by atoms with E-state index in [1.54, 1.807) is 0 Å². The molecule has 0 aliphatic heterocycles. The number of carboxylic acids is 8. The Bertz CT molecular complexity index is 1150. The normalized spacial score (nSPS) is 12.5. The van der Waals surface area contributed by atoms with Gasteiger partial charge in [-0.1, -0.05) is 0 Å². The number of rotatable bonds is 23. The zero-order valence-corrected chi connectivity index (χ0v) is 22.4. The average molecular weight is 640 g/mol. The fourth-order valence-corrected chi connectivity index (χ4v) is 3.60. The fourth-order valence-electron chi connectivity index (χ4n) is 3.60. The SMILES string of the molecule is O=C(O)CN(CCN(CC(=O)O)CC(=O)OC(CC(=O)O)(CC(=O)OC(CC(=O)O)(CC(=O)O)C(=O)O)C(=O)O)CC(=O)O. The van der Waals surface area contributed by atoms with Crippen LogP contribution in [-0.2, 0) is 57.4 Å². The van der Waals surface area contributed by atoms with Crippen molar-refractivity contribution in [2.75, 3.05) is 39.3 Å². The van der Waals surface area contributed by atoms with Crippen LogP contribution in [-0.4, -0.2) is 161 Å². The van der Waals surface area contributed by atoms with Gasteiger partial charge in [-0.25, -0.2) is 9.59 Å². The van der Waals surface area contributed by atoms with Crippen molar-refractivity contribution < 1.29 is 98.3 Å². The Balaban J connectivity index is 6.21. The van der Waals surface area contributed by atoms with Crippen LogP contribution >= 0.6 is 0 Å². The number of aliphatic carboxylic acids is 8. The second-order valence-corrected chi connectivity index (χ2v) is 9.04. The average Bonchev–Trinajstić information content (AvgIpc) is 2.79. The predicted octanol–water partition coefficient (Wildman–Crippen LogP) is -3.61. The van der Waals surface area contributed by atoms with Gasteiger partial charge in [0.25, 0.3) is 0 Å². The molecule has 0 saturated carbocycles. The Labute approximate surface area is 244 Å². The van der Waals surface area contributed by atoms with Crippen LogP contribution in [0.4, 0.5) is 0 Å². The Morgan fingerprint density at radius 2 is 0.705 bits per heavy atom. The molecule has 0 aliphatic carbocycles. The van der Waals surface area contributed by atoms with Crippen LogP contribution in [0.5, 0.6) is 0 Å². The molecule has 1 atom stereocenters. The van der Waals surface area contributed by atoms with Gasteiger partial charge < -0.3 is 50.3 Å². The summed E-state index contributed by atoms with van der Waals surface area (Å²) in [5.74, 6) is -18.7. The first-order valence-electron chi connectivity index (χ1n) is 11.8. The van der Waals surface area contributed by atoms with Crippen molar-refractivity contribution in [1.29, 1.82) is 0 Å². The lowest BCUT2D eigenvalue weighted by Crippen LogP contribution is -2.52. The quantitative estimate of drug-likeness (QED) is 0.0500. The van der Waals surface area contributed by atoms with E-state index in [0.717, 1.165) is 4.90 Å². The molecule has 0 radical (unpaired) electrons. The largest absolute Gasteiger partial charge is 0.481 e. The third-order valence-electron chi connectivity index (χ3n) is 5.30. The molecule has 1 unspecified atom stereocenters. The van der Waals surface area contributed by atoms with Gasteiger partial charge in [-0.3, -0.25) is 48.2 Å². The van der Waals surface area contributed by atoms with E-state index < -0.39 is 136 Å². The van der Waals surface area contributed by atoms with Crippen molar-refractivity contribution in [2.24, 2.45) is 0 Å². The minimum absolute atomic E-state index is 0.463. The van der Waals surface area contributed by atoms with Crippen LogP contribution in [0.25, 0.3) is 0 Å². The van der Waals surface area contributed by atoms with Crippen LogP contribution in [0.1, 0.15) is 25.7 Å². The number of ether oxygens (including phenoxy) is 2. The lowest BCUT2D eigenvalue weighted by molar-refractivity contribution is -0.196. The minimum atomic E-state index is -3.38. The molecule has 0 aromatic rings. The summed E-state index contributed by atoms with van der Waals surface area (Å²) in [4.78, 5) is 118. The van der Waals surface area contributed by atoms with E-state index in [2.05, 4.69) is 4.74 Å². The summed E-state index contributed by atoms with van der Waals surface area (Å²) in [6.07, 6.45) is -6.75. The van der Waals surface area contributed by atoms with Crippen molar-refractivity contribution in [2.45, 2.75) is 36.9 Å². The standard InChI is InChI=1S/C22H28N2O20/c25-11(26)3-21(19(39)40,4-12(27)28)43-17(37)6-22(20(41)42,5-13(29)30)44-18(38)10-24(9-16(35)36)2-1-23(7-14(31)32)8-15(33)34/h1-10H2,(H,25,26)(H,27,28)(H,29,30)(H,31,32)(H,33,34)(H,35,36)(H,39,40)(H,41,42). The van der Waals surface area contributed by atoms with E-state index in [-0.39, 0.29) is 0 Å². The molecule has 0 rings (SSSR count). The second-order valence-electron chi connectivity index (χ2n) is 9.04. The van der Waals surface area contributed by atoms with Crippen LogP contribution in [0.15, 0.2) is 0 Å². The summed E-state index contributed by atoms with van der Waals surface area (Å²) in [7, 11) is 0. The highest BCUT2D eigenvalue weighted by molar-refractivity contribution is 5.94. The molecule has 0 bridgehead atoms. The monoisotopic (exact) mass is 640 g/mol. The van der Waals surface area contributed by atoms with Crippen molar-refractivity contribution in [3.8, 4) is 0 Å². The highest BCUT2D eigenvalue weighted by Gasteiger charge is 2.52. The fraction of sp³-hybridized carbons (Fsp3) is 0.545. The molecule has 0 fully saturated rings. The molecule has 246 valence electrons. The van der Waals surface area contributed by atoms with Gasteiger partial charge in [0.05, 0.1) is 51.9 Å². The zero-order chi connectivity index (χ0) is 34.4. The number of nitrogens with zero attached hydrogens (tertiary/aromatic N) is 2. The summed E-state index contributed by atoms with van der Waals surface area (Å²) in [5.41, 5.74) is -6.69. The maximum absolute atomic E-state index is 12.7. The lowest BCUT2D eigenvalue weighted by Gasteiger charge is -2.31. The van der Waals surface area contributed by atoms with E-state index in [0.29, 0.717) is 4.90 Å². The minimum Gasteiger partial charge on any atom is -0.481 e. The summed E-state index contributed by atoms with van der Waals surface area (Å²) in [5, 5.41) is 73.3. The lowest BCUT2D eigenvalue weighted by atomic mass is 9.93. The Morgan fingerprint density at radius 1 is 0.409 bits per heavy atom. The number of hydrogen-bond donors (Lipinski definition) is 8. The van der Waals surface area contributed by atoms with Gasteiger partial charge in [0, 0.05) is 13.1 Å². The summed E-state index contributed by atoms with van der Waals surface area (Å²) >= 11 is 0. The van der Waals surface area contributed by atoms with Gasteiger partial charge in [-0.05, 0) is 0 Å². The van der Waals surface area contributed by atoms with Gasteiger partial charge in [0.1, 0.15) is 0 Å². The van der Waals surface area contributed by atoms with Gasteiger partial charge in [-0.2, -0.15) is 0 Å². The van der Waals surface area contributed by atoms with Crippen LogP contribution in [0.3, 0.4) is 0 Å². The van der Waals surface area contributed by atoms with Crippen LogP contribution in [0, 0.1) is 0 Å². The first-order valence-corrected chi connectivity index (χ1v) is 11.8. The predicted molar refractivity (Wildman–Crippen MR) is 130 cm³/mol. The van der Waals surface area contributed by atoms with E-state index in [9.17, 15) is 63.3 Å². The first-order chi connectivity index (χ1) is 20.1. The Kier molecular flexibility index (Phi) is 14.8. The topological polar surface area (TPSA) is 357 Å². The van der Waals surface area contributed by atoms with Crippen LogP contribution < -0.4 is 0 Å². The van der Waals surface area contributed by atoms with E-state index in [4.69, 9.17) is 30.3 Å². The molecule has 0 amide bonds. The highest BCUT2D eigenvalue weighted by Crippen LogP contribution is 2.28. The summed E-state index contributed by atoms with van der Waals surface area (Å²) in [6, 6.07) is 0. The zero-order valence-electron chi connectivity index (χ0n) is 22.4. The van der Waals surface area contributed by atoms with E-state index in [1.165, 1.54) is 0 Å². The van der Waals surface area contributed by atoms with Gasteiger partial charge in [0.15, 0.2) is 0 Å². The van der Waals surface area contributed by atoms with Crippen LogP contribution in [0.2, 0.25) is 0 Å². The molecule has 0 saturated heterocycles. The molecule has 0 aliphatic rings. The molecule has 44 heavy (non-hydrogen) atoms. The maximum atomic E-state index is 12.7. The van der Waals surface area contributed by atoms with Gasteiger partial charge in [0.2, 0.25) is 11.2 Å². The number of carbonyl (C=O) groups is 10. The highest BCUT2D eigenvalue weighted by atomic mass is 16.6. The number of esters is 2. The molecule has 22 heteroatoms. The third kappa shape index (κ3) is 14.0. The maximum Gasteiger partial charge on any atom is 0.349 e. The van der Waals surface area contributed by atoms with E-state index >= 15 is 0 Å². The number of hydrogen-bond acceptors (Lipinski definition) is 14. The molecule has 8 N–H and O–H groups in total. The molecule has 0 aromatic carbocycles.